The Bertz CT molecular complexity index is 1860. The lowest BCUT2D eigenvalue weighted by atomic mass is 10.1. The van der Waals surface area contributed by atoms with Gasteiger partial charge < -0.3 is 44.0 Å². The van der Waals surface area contributed by atoms with E-state index >= 15 is 0 Å². The molecule has 0 bridgehead atoms. The van der Waals surface area contributed by atoms with Crippen LogP contribution in [0.4, 0.5) is 16.2 Å². The third kappa shape index (κ3) is 8.99. The average molecular weight is 778 g/mol. The number of unbranched alkanes of at least 4 members (excludes halogenated alkanes) is 2. The lowest BCUT2D eigenvalue weighted by Gasteiger charge is -2.33. The summed E-state index contributed by atoms with van der Waals surface area (Å²) in [6.45, 7) is 14.3. The summed E-state index contributed by atoms with van der Waals surface area (Å²) in [5.41, 5.74) is 9.82. The fourth-order valence-electron chi connectivity index (χ4n) is 7.17. The number of amides is 3. The summed E-state index contributed by atoms with van der Waals surface area (Å²) < 4.78 is 34.3. The van der Waals surface area contributed by atoms with Crippen molar-refractivity contribution in [1.82, 2.24) is 14.7 Å². The van der Waals surface area contributed by atoms with Crippen LogP contribution in [0.2, 0.25) is 0 Å². The highest BCUT2D eigenvalue weighted by atomic mass is 32.1. The molecule has 2 aromatic carbocycles. The SMILES string of the molecule is C=C1CC2C=Nc3cc(OCCCCCOc4cc(N)c(C(=O)N5CC(=C)C[C@H]5C5OCCN5C(=O)OCC(C)(C)S)cc4OC)c(OC)cc3C(=O)N2C1. The number of ether oxygens (including phenoxy) is 6. The molecule has 2 N–H and O–H groups in total. The number of aliphatic imine (C=N–C) groups is 1. The van der Waals surface area contributed by atoms with Crippen molar-refractivity contribution in [3.63, 3.8) is 0 Å². The Balaban J connectivity index is 1.01. The Kier molecular flexibility index (Phi) is 12.2. The number of fused-ring (bicyclic) bond motifs is 2. The Morgan fingerprint density at radius 2 is 1.62 bits per heavy atom. The maximum atomic E-state index is 14.0. The number of benzene rings is 2. The van der Waals surface area contributed by atoms with Gasteiger partial charge in [-0.1, -0.05) is 24.3 Å². The topological polar surface area (TPSA) is 155 Å². The first kappa shape index (κ1) is 39.8. The highest BCUT2D eigenvalue weighted by Gasteiger charge is 2.45. The molecule has 3 fully saturated rings. The van der Waals surface area contributed by atoms with Gasteiger partial charge in [0.15, 0.2) is 29.2 Å². The fraction of sp³-hybridized carbons (Fsp3) is 0.500. The predicted octanol–water partition coefficient (Wildman–Crippen LogP) is 5.67. The maximum Gasteiger partial charge on any atom is 0.412 e. The van der Waals surface area contributed by atoms with Gasteiger partial charge in [-0.3, -0.25) is 19.5 Å². The van der Waals surface area contributed by atoms with Crippen molar-refractivity contribution in [2.75, 3.05) is 66.0 Å². The summed E-state index contributed by atoms with van der Waals surface area (Å²) in [7, 11) is 3.05. The van der Waals surface area contributed by atoms with E-state index in [0.717, 1.165) is 30.4 Å². The summed E-state index contributed by atoms with van der Waals surface area (Å²) in [6, 6.07) is 6.07. The highest BCUT2D eigenvalue weighted by molar-refractivity contribution is 7.81. The molecule has 0 aromatic heterocycles. The third-order valence-electron chi connectivity index (χ3n) is 9.91. The van der Waals surface area contributed by atoms with Crippen LogP contribution >= 0.6 is 12.6 Å². The number of nitrogen functional groups attached to an aromatic ring is 1. The Morgan fingerprint density at radius 3 is 2.31 bits per heavy atom. The average Bonchev–Trinajstić information content (AvgIpc) is 3.88. The molecule has 296 valence electrons. The number of carbonyl (C=O) groups is 3. The molecule has 0 radical (unpaired) electrons. The number of methoxy groups -OCH3 is 2. The lowest BCUT2D eigenvalue weighted by Crippen LogP contribution is -2.51. The summed E-state index contributed by atoms with van der Waals surface area (Å²) in [5, 5.41) is 0. The number of carbonyl (C=O) groups excluding carboxylic acids is 3. The minimum atomic E-state index is -0.695. The van der Waals surface area contributed by atoms with E-state index in [1.807, 2.05) is 13.8 Å². The van der Waals surface area contributed by atoms with Gasteiger partial charge >= 0.3 is 6.09 Å². The van der Waals surface area contributed by atoms with Gasteiger partial charge in [-0.05, 0) is 58.1 Å². The first-order valence-electron chi connectivity index (χ1n) is 18.5. The molecule has 0 aliphatic carbocycles. The van der Waals surface area contributed by atoms with Gasteiger partial charge in [0.25, 0.3) is 11.8 Å². The first-order chi connectivity index (χ1) is 26.3. The number of rotatable bonds is 14. The first-order valence-corrected chi connectivity index (χ1v) is 18.9. The van der Waals surface area contributed by atoms with Crippen LogP contribution < -0.4 is 24.7 Å². The van der Waals surface area contributed by atoms with Crippen LogP contribution in [-0.4, -0.2) is 122 Å². The van der Waals surface area contributed by atoms with Gasteiger partial charge in [0.05, 0.1) is 69.5 Å². The van der Waals surface area contributed by atoms with Gasteiger partial charge in [-0.2, -0.15) is 12.6 Å². The molecule has 3 atom stereocenters. The molecule has 0 saturated carbocycles. The molecule has 2 unspecified atom stereocenters. The standard InChI is InChI=1S/C40H51N5O9S/c1-24-14-26-20-42-30-19-35(33(50-6)17-28(30)37(47)44(26)21-24)52-12-9-7-8-11-51-34-18-29(41)27(16-32(34)49-5)36(46)45-22-25(2)15-31(45)38-43(10-13-53-38)39(48)54-23-40(3,4)55/h16-20,26,31,38,55H,1-2,7-15,21-23,41H2,3-6H3/t26?,31-,38?/m0/s1. The molecule has 2 aromatic rings. The fourth-order valence-corrected chi connectivity index (χ4v) is 7.23. The Hall–Kier alpha value is -4.89. The van der Waals surface area contributed by atoms with Gasteiger partial charge in [0.2, 0.25) is 0 Å². The van der Waals surface area contributed by atoms with E-state index < -0.39 is 23.1 Å². The highest BCUT2D eigenvalue weighted by Crippen LogP contribution is 2.39. The van der Waals surface area contributed by atoms with Crippen molar-refractivity contribution in [3.05, 3.63) is 59.7 Å². The molecule has 0 spiro atoms. The van der Waals surface area contributed by atoms with E-state index in [1.165, 1.54) is 12.0 Å². The zero-order valence-corrected chi connectivity index (χ0v) is 32.9. The molecule has 4 aliphatic heterocycles. The van der Waals surface area contributed by atoms with E-state index in [2.05, 4.69) is 30.8 Å². The van der Waals surface area contributed by atoms with Gasteiger partial charge in [0.1, 0.15) is 6.61 Å². The smallest absolute Gasteiger partial charge is 0.412 e. The van der Waals surface area contributed by atoms with E-state index in [0.29, 0.717) is 86.5 Å². The van der Waals surface area contributed by atoms with Crippen LogP contribution in [0.25, 0.3) is 0 Å². The van der Waals surface area contributed by atoms with Crippen molar-refractivity contribution >= 4 is 48.1 Å². The molecule has 4 heterocycles. The second-order valence-electron chi connectivity index (χ2n) is 14.9. The molecular weight excluding hydrogens is 727 g/mol. The lowest BCUT2D eigenvalue weighted by molar-refractivity contribution is -0.0214. The second-order valence-corrected chi connectivity index (χ2v) is 16.1. The molecule has 6 rings (SSSR count). The van der Waals surface area contributed by atoms with Gasteiger partial charge in [-0.15, -0.1) is 0 Å². The number of thiol groups is 1. The van der Waals surface area contributed by atoms with Crippen LogP contribution in [0.3, 0.4) is 0 Å². The van der Waals surface area contributed by atoms with Gasteiger partial charge in [0, 0.05) is 41.9 Å². The van der Waals surface area contributed by atoms with Crippen molar-refractivity contribution in [2.24, 2.45) is 4.99 Å². The van der Waals surface area contributed by atoms with Crippen molar-refractivity contribution in [2.45, 2.75) is 69.0 Å². The molecule has 4 aliphatic rings. The Labute approximate surface area is 327 Å². The molecule has 3 amide bonds. The second kappa shape index (κ2) is 16.9. The van der Waals surface area contributed by atoms with Crippen LogP contribution in [0.15, 0.2) is 53.6 Å². The number of nitrogens with two attached hydrogens (primary N) is 1. The van der Waals surface area contributed by atoms with E-state index in [9.17, 15) is 14.4 Å². The Morgan fingerprint density at radius 1 is 0.945 bits per heavy atom. The zero-order chi connectivity index (χ0) is 39.4. The number of hydrogen-bond donors (Lipinski definition) is 2. The number of anilines is 1. The number of nitrogens with zero attached hydrogens (tertiary/aromatic N) is 4. The van der Waals surface area contributed by atoms with E-state index in [4.69, 9.17) is 34.2 Å². The molecule has 14 nitrogen and oxygen atoms in total. The normalized spacial score (nSPS) is 20.7. The minimum absolute atomic E-state index is 0.0919. The van der Waals surface area contributed by atoms with E-state index in [1.54, 1.807) is 47.4 Å². The number of hydrogen-bond acceptors (Lipinski definition) is 12. The summed E-state index contributed by atoms with van der Waals surface area (Å²) in [4.78, 5) is 49.8. The van der Waals surface area contributed by atoms with Crippen LogP contribution in [-0.2, 0) is 9.47 Å². The summed E-state index contributed by atoms with van der Waals surface area (Å²) in [6.07, 6.45) is 4.04. The minimum Gasteiger partial charge on any atom is -0.493 e. The number of likely N-dealkylation sites (tertiary alicyclic amines) is 1. The van der Waals surface area contributed by atoms with Crippen LogP contribution in [0.5, 0.6) is 23.0 Å². The summed E-state index contributed by atoms with van der Waals surface area (Å²) in [5.74, 6) is 1.36. The van der Waals surface area contributed by atoms with Crippen molar-refractivity contribution in [3.8, 4) is 23.0 Å². The predicted molar refractivity (Wildman–Crippen MR) is 211 cm³/mol. The van der Waals surface area contributed by atoms with Crippen molar-refractivity contribution < 1.29 is 42.8 Å². The molecule has 15 heteroatoms. The zero-order valence-electron chi connectivity index (χ0n) is 32.0. The maximum absolute atomic E-state index is 14.0. The van der Waals surface area contributed by atoms with Gasteiger partial charge in [-0.25, -0.2) is 4.79 Å². The van der Waals surface area contributed by atoms with E-state index in [-0.39, 0.29) is 35.7 Å². The van der Waals surface area contributed by atoms with Crippen LogP contribution in [0, 0.1) is 0 Å². The van der Waals surface area contributed by atoms with Crippen LogP contribution in [0.1, 0.15) is 66.7 Å². The summed E-state index contributed by atoms with van der Waals surface area (Å²) >= 11 is 4.44. The molecular formula is C40H51N5O9S. The van der Waals surface area contributed by atoms with Crippen molar-refractivity contribution in [1.29, 1.82) is 0 Å². The molecule has 3 saturated heterocycles. The quantitative estimate of drug-likeness (QED) is 0.106. The third-order valence-corrected chi connectivity index (χ3v) is 10.0. The monoisotopic (exact) mass is 777 g/mol. The molecule has 55 heavy (non-hydrogen) atoms. The largest absolute Gasteiger partial charge is 0.493 e.